The number of nitro groups is 1. The molecule has 1 saturated heterocycles. The predicted octanol–water partition coefficient (Wildman–Crippen LogP) is 2.24. The Kier molecular flexibility index (Phi) is 6.54. The van der Waals surface area contributed by atoms with Crippen LogP contribution in [0.1, 0.15) is 5.56 Å². The van der Waals surface area contributed by atoms with Crippen LogP contribution < -0.4 is 16.0 Å². The Morgan fingerprint density at radius 1 is 1.13 bits per heavy atom. The third kappa shape index (κ3) is 5.27. The molecule has 2 aromatic rings. The number of thioether (sulfide) groups is 1. The van der Waals surface area contributed by atoms with Gasteiger partial charge in [0.15, 0.2) is 5.11 Å². The molecule has 0 radical (unpaired) electrons. The number of nitro benzene ring substituents is 1. The van der Waals surface area contributed by atoms with Gasteiger partial charge in [-0.1, -0.05) is 24.3 Å². The number of benzene rings is 2. The molecule has 0 spiro atoms. The van der Waals surface area contributed by atoms with Crippen molar-refractivity contribution in [2.24, 2.45) is 0 Å². The van der Waals surface area contributed by atoms with Crippen molar-refractivity contribution in [3.05, 3.63) is 69.8 Å². The maximum atomic E-state index is 12.1. The van der Waals surface area contributed by atoms with Gasteiger partial charge in [0.2, 0.25) is 5.91 Å². The molecule has 2 aromatic carbocycles. The first-order valence-electron chi connectivity index (χ1n) is 8.48. The van der Waals surface area contributed by atoms with Gasteiger partial charge in [0.05, 0.1) is 15.6 Å². The molecule has 3 rings (SSSR count). The summed E-state index contributed by atoms with van der Waals surface area (Å²) in [6.45, 7) is 0. The first-order chi connectivity index (χ1) is 14.3. The van der Waals surface area contributed by atoms with E-state index in [1.807, 2.05) is 6.07 Å². The molecule has 9 nitrogen and oxygen atoms in total. The van der Waals surface area contributed by atoms with Crippen LogP contribution in [0.5, 0.6) is 0 Å². The number of thiocarbonyl (C=S) groups is 1. The van der Waals surface area contributed by atoms with Crippen molar-refractivity contribution in [3.63, 3.8) is 0 Å². The van der Waals surface area contributed by atoms with Gasteiger partial charge in [-0.2, -0.15) is 0 Å². The molecule has 30 heavy (non-hydrogen) atoms. The van der Waals surface area contributed by atoms with Gasteiger partial charge in [0, 0.05) is 11.8 Å². The van der Waals surface area contributed by atoms with E-state index in [0.717, 1.165) is 11.8 Å². The number of rotatable bonds is 6. The van der Waals surface area contributed by atoms with Crippen molar-refractivity contribution >= 4 is 64.3 Å². The predicted molar refractivity (Wildman–Crippen MR) is 116 cm³/mol. The highest BCUT2D eigenvalue weighted by molar-refractivity contribution is 8.00. The Labute approximate surface area is 180 Å². The molecule has 0 bridgehead atoms. The van der Waals surface area contributed by atoms with Crippen molar-refractivity contribution in [3.8, 4) is 0 Å². The molecule has 0 aliphatic carbocycles. The zero-order valence-electron chi connectivity index (χ0n) is 15.2. The van der Waals surface area contributed by atoms with Crippen molar-refractivity contribution in [1.29, 1.82) is 0 Å². The highest BCUT2D eigenvalue weighted by atomic mass is 32.2. The monoisotopic (exact) mass is 442 g/mol. The third-order valence-electron chi connectivity index (χ3n) is 3.85. The fourth-order valence-corrected chi connectivity index (χ4v) is 3.51. The number of amides is 3. The molecular weight excluding hydrogens is 428 g/mol. The molecule has 1 aliphatic rings. The molecule has 0 aromatic heterocycles. The Bertz CT molecular complexity index is 1060. The van der Waals surface area contributed by atoms with Crippen LogP contribution in [-0.2, 0) is 14.4 Å². The van der Waals surface area contributed by atoms with Gasteiger partial charge >= 0.3 is 0 Å². The van der Waals surface area contributed by atoms with Crippen LogP contribution in [0.4, 0.5) is 11.4 Å². The Morgan fingerprint density at radius 3 is 2.43 bits per heavy atom. The van der Waals surface area contributed by atoms with Gasteiger partial charge in [-0.25, -0.2) is 0 Å². The van der Waals surface area contributed by atoms with Crippen LogP contribution in [0.15, 0.2) is 59.0 Å². The molecular formula is C19H14N4O5S2. The van der Waals surface area contributed by atoms with E-state index in [1.165, 1.54) is 24.3 Å². The Hall–Kier alpha value is -3.57. The van der Waals surface area contributed by atoms with Gasteiger partial charge in [-0.05, 0) is 42.1 Å². The lowest BCUT2D eigenvalue weighted by atomic mass is 10.1. The summed E-state index contributed by atoms with van der Waals surface area (Å²) in [5.41, 5.74) is 0.450. The molecule has 1 fully saturated rings. The number of para-hydroxylation sites is 1. The Morgan fingerprint density at radius 2 is 1.80 bits per heavy atom. The summed E-state index contributed by atoms with van der Waals surface area (Å²) in [5, 5.41) is 18.6. The van der Waals surface area contributed by atoms with Gasteiger partial charge < -0.3 is 5.32 Å². The lowest BCUT2D eigenvalue weighted by Crippen LogP contribution is -2.51. The van der Waals surface area contributed by atoms with Crippen molar-refractivity contribution in [2.45, 2.75) is 4.90 Å². The van der Waals surface area contributed by atoms with Crippen LogP contribution >= 0.6 is 24.0 Å². The summed E-state index contributed by atoms with van der Waals surface area (Å²) in [6.07, 6.45) is 1.23. The lowest BCUT2D eigenvalue weighted by Gasteiger charge is -2.16. The van der Waals surface area contributed by atoms with E-state index in [0.29, 0.717) is 5.69 Å². The van der Waals surface area contributed by atoms with Crippen molar-refractivity contribution in [2.75, 3.05) is 11.1 Å². The SMILES string of the molecule is O=C(CSc1ccc(C=C2C(=O)NC(=S)NC2=O)cc1[N+](=O)[O-])Nc1ccccc1. The van der Waals surface area contributed by atoms with E-state index in [4.69, 9.17) is 12.2 Å². The van der Waals surface area contributed by atoms with Gasteiger partial charge in [-0.3, -0.25) is 35.1 Å². The van der Waals surface area contributed by atoms with Crippen LogP contribution in [0, 0.1) is 10.1 Å². The summed E-state index contributed by atoms with van der Waals surface area (Å²) < 4.78 is 0. The van der Waals surface area contributed by atoms with E-state index in [1.54, 1.807) is 24.3 Å². The standard InChI is InChI=1S/C19H14N4O5S2/c24-16(20-12-4-2-1-3-5-12)10-30-15-7-6-11(9-14(15)23(27)28)8-13-17(25)21-19(29)22-18(13)26/h1-9H,10H2,(H,20,24)(H2,21,22,25,26,29). The van der Waals surface area contributed by atoms with Crippen molar-refractivity contribution < 1.29 is 19.3 Å². The summed E-state index contributed by atoms with van der Waals surface area (Å²) in [7, 11) is 0. The Balaban J connectivity index is 1.75. The average molecular weight is 442 g/mol. The molecule has 0 saturated carbocycles. The molecule has 152 valence electrons. The fourth-order valence-electron chi connectivity index (χ4n) is 2.52. The fraction of sp³-hybridized carbons (Fsp3) is 0.0526. The highest BCUT2D eigenvalue weighted by Gasteiger charge is 2.26. The first-order valence-corrected chi connectivity index (χ1v) is 9.87. The number of nitrogens with one attached hydrogen (secondary N) is 3. The van der Waals surface area contributed by atoms with E-state index in [9.17, 15) is 24.5 Å². The van der Waals surface area contributed by atoms with Gasteiger partial charge in [0.25, 0.3) is 17.5 Å². The second kappa shape index (κ2) is 9.29. The van der Waals surface area contributed by atoms with E-state index >= 15 is 0 Å². The normalized spacial score (nSPS) is 13.3. The number of anilines is 1. The molecule has 0 unspecified atom stereocenters. The minimum Gasteiger partial charge on any atom is -0.325 e. The first kappa shape index (κ1) is 21.1. The zero-order chi connectivity index (χ0) is 21.7. The zero-order valence-corrected chi connectivity index (χ0v) is 16.8. The third-order valence-corrected chi connectivity index (χ3v) is 5.12. The summed E-state index contributed by atoms with van der Waals surface area (Å²) in [6, 6.07) is 13.1. The maximum Gasteiger partial charge on any atom is 0.283 e. The highest BCUT2D eigenvalue weighted by Crippen LogP contribution is 2.31. The summed E-state index contributed by atoms with van der Waals surface area (Å²) in [4.78, 5) is 47.1. The molecule has 3 amide bonds. The quantitative estimate of drug-likeness (QED) is 0.156. The number of hydrogen-bond acceptors (Lipinski definition) is 7. The number of hydrogen-bond donors (Lipinski definition) is 3. The number of nitrogens with zero attached hydrogens (tertiary/aromatic N) is 1. The number of carbonyl (C=O) groups is 3. The van der Waals surface area contributed by atoms with Crippen LogP contribution in [0.25, 0.3) is 6.08 Å². The molecule has 1 heterocycles. The molecule has 0 atom stereocenters. The van der Waals surface area contributed by atoms with E-state index in [-0.39, 0.29) is 38.5 Å². The minimum atomic E-state index is -0.692. The van der Waals surface area contributed by atoms with Crippen LogP contribution in [0.3, 0.4) is 0 Å². The topological polar surface area (TPSA) is 130 Å². The largest absolute Gasteiger partial charge is 0.325 e. The van der Waals surface area contributed by atoms with E-state index in [2.05, 4.69) is 16.0 Å². The van der Waals surface area contributed by atoms with Gasteiger partial charge in [0.1, 0.15) is 5.57 Å². The van der Waals surface area contributed by atoms with Crippen molar-refractivity contribution in [1.82, 2.24) is 10.6 Å². The summed E-state index contributed by atoms with van der Waals surface area (Å²) >= 11 is 5.73. The van der Waals surface area contributed by atoms with Crippen LogP contribution in [-0.4, -0.2) is 33.5 Å². The van der Waals surface area contributed by atoms with Gasteiger partial charge in [-0.15, -0.1) is 11.8 Å². The molecule has 1 aliphatic heterocycles. The average Bonchev–Trinajstić information content (AvgIpc) is 2.70. The second-order valence-corrected chi connectivity index (χ2v) is 7.41. The van der Waals surface area contributed by atoms with Crippen LogP contribution in [0.2, 0.25) is 0 Å². The van der Waals surface area contributed by atoms with E-state index < -0.39 is 16.7 Å². The summed E-state index contributed by atoms with van der Waals surface area (Å²) in [5.74, 6) is -1.72. The molecule has 11 heteroatoms. The lowest BCUT2D eigenvalue weighted by molar-refractivity contribution is -0.387. The number of carbonyl (C=O) groups excluding carboxylic acids is 3. The molecule has 3 N–H and O–H groups in total. The smallest absolute Gasteiger partial charge is 0.283 e. The minimum absolute atomic E-state index is 0.0293. The maximum absolute atomic E-state index is 12.1. The second-order valence-electron chi connectivity index (χ2n) is 5.98.